The molecule has 0 aliphatic rings. The number of para-hydroxylation sites is 1. The average Bonchev–Trinajstić information content (AvgIpc) is 2.66. The Morgan fingerprint density at radius 1 is 0.962 bits per heavy atom. The normalized spacial score (nSPS) is 10.5. The van der Waals surface area contributed by atoms with Crippen molar-refractivity contribution in [2.24, 2.45) is 0 Å². The summed E-state index contributed by atoms with van der Waals surface area (Å²) in [4.78, 5) is 32.4. The predicted molar refractivity (Wildman–Crippen MR) is 103 cm³/mol. The van der Waals surface area contributed by atoms with Crippen molar-refractivity contribution in [3.63, 3.8) is 0 Å². The number of hydrogen-bond acceptors (Lipinski definition) is 3. The van der Waals surface area contributed by atoms with Gasteiger partial charge in [-0.1, -0.05) is 48.5 Å². The van der Waals surface area contributed by atoms with E-state index in [1.807, 2.05) is 60.7 Å². The second kappa shape index (κ2) is 7.78. The molecule has 2 aromatic carbocycles. The molecule has 0 aliphatic carbocycles. The van der Waals surface area contributed by atoms with Crippen molar-refractivity contribution >= 4 is 28.4 Å². The van der Waals surface area contributed by atoms with Gasteiger partial charge in [-0.25, -0.2) is 0 Å². The minimum Gasteiger partial charge on any atom is -0.340 e. The van der Waals surface area contributed by atoms with Gasteiger partial charge >= 0.3 is 0 Å². The molecule has 0 saturated carbocycles. The Morgan fingerprint density at radius 3 is 2.42 bits per heavy atom. The maximum atomic E-state index is 12.7. The van der Waals surface area contributed by atoms with Gasteiger partial charge in [0, 0.05) is 32.1 Å². The van der Waals surface area contributed by atoms with E-state index >= 15 is 0 Å². The zero-order valence-corrected chi connectivity index (χ0v) is 14.9. The van der Waals surface area contributed by atoms with E-state index in [-0.39, 0.29) is 18.4 Å². The average molecular weight is 347 g/mol. The summed E-state index contributed by atoms with van der Waals surface area (Å²) < 4.78 is 0. The van der Waals surface area contributed by atoms with E-state index < -0.39 is 0 Å². The molecule has 1 heterocycles. The molecule has 0 aliphatic heterocycles. The van der Waals surface area contributed by atoms with Crippen LogP contribution in [0.2, 0.25) is 0 Å². The molecule has 0 unspecified atom stereocenters. The van der Waals surface area contributed by atoms with Crippen molar-refractivity contribution in [1.29, 1.82) is 0 Å². The van der Waals surface area contributed by atoms with Crippen molar-refractivity contribution in [2.75, 3.05) is 18.5 Å². The molecule has 0 fully saturated rings. The monoisotopic (exact) mass is 347 g/mol. The first kappa shape index (κ1) is 17.6. The summed E-state index contributed by atoms with van der Waals surface area (Å²) in [5, 5.41) is 0.932. The molecule has 0 saturated heterocycles. The van der Waals surface area contributed by atoms with Gasteiger partial charge in [-0.15, -0.1) is 0 Å². The standard InChI is InChI=1S/C21H21N3O2/c1-16(25)24(19-12-6-10-18-11-7-13-22-21(18)19)15-20(26)23(2)14-17-8-4-3-5-9-17/h3-13H,14-15H2,1-2H3. The Hall–Kier alpha value is -3.21. The lowest BCUT2D eigenvalue weighted by Gasteiger charge is -2.25. The third-order valence-electron chi connectivity index (χ3n) is 4.26. The van der Waals surface area contributed by atoms with E-state index in [4.69, 9.17) is 0 Å². The Morgan fingerprint density at radius 2 is 1.69 bits per heavy atom. The van der Waals surface area contributed by atoms with Crippen LogP contribution in [-0.2, 0) is 16.1 Å². The number of hydrogen-bond donors (Lipinski definition) is 0. The van der Waals surface area contributed by atoms with Crippen LogP contribution in [0, 0.1) is 0 Å². The van der Waals surface area contributed by atoms with E-state index in [0.29, 0.717) is 17.7 Å². The Balaban J connectivity index is 1.82. The molecular formula is C21H21N3O2. The molecule has 0 N–H and O–H groups in total. The van der Waals surface area contributed by atoms with Gasteiger partial charge in [-0.05, 0) is 17.7 Å². The third kappa shape index (κ3) is 3.88. The van der Waals surface area contributed by atoms with Crippen LogP contribution in [0.4, 0.5) is 5.69 Å². The van der Waals surface area contributed by atoms with Crippen molar-refractivity contribution in [3.8, 4) is 0 Å². The first-order valence-corrected chi connectivity index (χ1v) is 8.46. The van der Waals surface area contributed by atoms with Gasteiger partial charge in [-0.3, -0.25) is 14.6 Å². The zero-order chi connectivity index (χ0) is 18.5. The van der Waals surface area contributed by atoms with Crippen molar-refractivity contribution in [3.05, 3.63) is 72.4 Å². The fraction of sp³-hybridized carbons (Fsp3) is 0.190. The van der Waals surface area contributed by atoms with Gasteiger partial charge in [0.05, 0.1) is 11.2 Å². The second-order valence-electron chi connectivity index (χ2n) is 6.19. The highest BCUT2D eigenvalue weighted by molar-refractivity contribution is 6.04. The topological polar surface area (TPSA) is 53.5 Å². The Labute approximate surface area is 152 Å². The molecule has 5 nitrogen and oxygen atoms in total. The van der Waals surface area contributed by atoms with E-state index in [1.54, 1.807) is 18.1 Å². The Bertz CT molecular complexity index is 919. The van der Waals surface area contributed by atoms with Gasteiger partial charge < -0.3 is 9.80 Å². The van der Waals surface area contributed by atoms with Crippen molar-refractivity contribution in [2.45, 2.75) is 13.5 Å². The van der Waals surface area contributed by atoms with E-state index in [0.717, 1.165) is 10.9 Å². The lowest BCUT2D eigenvalue weighted by Crippen LogP contribution is -2.40. The number of pyridine rings is 1. The van der Waals surface area contributed by atoms with Crippen LogP contribution < -0.4 is 4.90 Å². The molecule has 132 valence electrons. The highest BCUT2D eigenvalue weighted by Crippen LogP contribution is 2.25. The molecule has 3 aromatic rings. The summed E-state index contributed by atoms with van der Waals surface area (Å²) in [6.07, 6.45) is 1.69. The molecule has 26 heavy (non-hydrogen) atoms. The fourth-order valence-electron chi connectivity index (χ4n) is 2.87. The summed E-state index contributed by atoms with van der Waals surface area (Å²) in [5.41, 5.74) is 2.41. The fourth-order valence-corrected chi connectivity index (χ4v) is 2.87. The summed E-state index contributed by atoms with van der Waals surface area (Å²) in [7, 11) is 1.75. The number of amides is 2. The maximum Gasteiger partial charge on any atom is 0.242 e. The smallest absolute Gasteiger partial charge is 0.242 e. The number of carbonyl (C=O) groups excluding carboxylic acids is 2. The molecule has 1 aromatic heterocycles. The van der Waals surface area contributed by atoms with Crippen LogP contribution in [0.25, 0.3) is 10.9 Å². The zero-order valence-electron chi connectivity index (χ0n) is 14.9. The number of rotatable bonds is 5. The molecule has 0 bridgehead atoms. The van der Waals surface area contributed by atoms with Gasteiger partial charge in [0.25, 0.3) is 0 Å². The SMILES string of the molecule is CC(=O)N(CC(=O)N(C)Cc1ccccc1)c1cccc2cccnc12. The molecular weight excluding hydrogens is 326 g/mol. The van der Waals surface area contributed by atoms with E-state index in [1.165, 1.54) is 11.8 Å². The minimum atomic E-state index is -0.190. The lowest BCUT2D eigenvalue weighted by atomic mass is 10.1. The largest absolute Gasteiger partial charge is 0.340 e. The third-order valence-corrected chi connectivity index (χ3v) is 4.26. The van der Waals surface area contributed by atoms with Gasteiger partial charge in [-0.2, -0.15) is 0 Å². The highest BCUT2D eigenvalue weighted by Gasteiger charge is 2.20. The Kier molecular flexibility index (Phi) is 5.27. The number of fused-ring (bicyclic) bond motifs is 1. The molecule has 0 spiro atoms. The predicted octanol–water partition coefficient (Wildman–Crippen LogP) is 3.25. The van der Waals surface area contributed by atoms with Crippen LogP contribution in [-0.4, -0.2) is 35.3 Å². The number of carbonyl (C=O) groups is 2. The quantitative estimate of drug-likeness (QED) is 0.712. The van der Waals surface area contributed by atoms with Crippen molar-refractivity contribution < 1.29 is 9.59 Å². The van der Waals surface area contributed by atoms with Gasteiger partial charge in [0.15, 0.2) is 0 Å². The van der Waals surface area contributed by atoms with Gasteiger partial charge in [0.2, 0.25) is 11.8 Å². The molecule has 0 radical (unpaired) electrons. The van der Waals surface area contributed by atoms with Crippen molar-refractivity contribution in [1.82, 2.24) is 9.88 Å². The summed E-state index contributed by atoms with van der Waals surface area (Å²) in [6.45, 7) is 1.94. The van der Waals surface area contributed by atoms with E-state index in [9.17, 15) is 9.59 Å². The molecule has 0 atom stereocenters. The van der Waals surface area contributed by atoms with E-state index in [2.05, 4.69) is 4.98 Å². The first-order valence-electron chi connectivity index (χ1n) is 8.46. The van der Waals surface area contributed by atoms with Crippen LogP contribution >= 0.6 is 0 Å². The number of anilines is 1. The first-order chi connectivity index (χ1) is 12.6. The van der Waals surface area contributed by atoms with Gasteiger partial charge in [0.1, 0.15) is 6.54 Å². The van der Waals surface area contributed by atoms with Crippen LogP contribution in [0.1, 0.15) is 12.5 Å². The number of benzene rings is 2. The number of aromatic nitrogens is 1. The number of nitrogens with zero attached hydrogens (tertiary/aromatic N) is 3. The second-order valence-corrected chi connectivity index (χ2v) is 6.19. The lowest BCUT2D eigenvalue weighted by molar-refractivity contribution is -0.130. The maximum absolute atomic E-state index is 12.7. The van der Waals surface area contributed by atoms with Crippen LogP contribution in [0.15, 0.2) is 66.9 Å². The molecule has 5 heteroatoms. The highest BCUT2D eigenvalue weighted by atomic mass is 16.2. The van der Waals surface area contributed by atoms with Crippen LogP contribution in [0.3, 0.4) is 0 Å². The summed E-state index contributed by atoms with van der Waals surface area (Å²) >= 11 is 0. The summed E-state index contributed by atoms with van der Waals surface area (Å²) in [6, 6.07) is 19.2. The molecule has 2 amide bonds. The molecule has 3 rings (SSSR count). The number of likely N-dealkylation sites (N-methyl/N-ethyl adjacent to an activating group) is 1. The summed E-state index contributed by atoms with van der Waals surface area (Å²) in [5.74, 6) is -0.318. The minimum absolute atomic E-state index is 0.0195. The van der Waals surface area contributed by atoms with Crippen LogP contribution in [0.5, 0.6) is 0 Å².